The standard InChI is InChI=1S/C14H15NO4/c1-4-19-14(18)11-12(16)9-7-8(2)5-6-10(9)15(3)13(11)17/h5-7,16H,4H2,1-3H3. The van der Waals surface area contributed by atoms with Crippen molar-refractivity contribution >= 4 is 16.9 Å². The number of benzene rings is 1. The highest BCUT2D eigenvalue weighted by Crippen LogP contribution is 2.27. The number of esters is 1. The van der Waals surface area contributed by atoms with Crippen molar-refractivity contribution in [1.29, 1.82) is 0 Å². The van der Waals surface area contributed by atoms with Gasteiger partial charge in [-0.15, -0.1) is 0 Å². The van der Waals surface area contributed by atoms with Crippen LogP contribution in [0.15, 0.2) is 23.0 Å². The van der Waals surface area contributed by atoms with Gasteiger partial charge in [0.15, 0.2) is 5.56 Å². The molecule has 0 bridgehead atoms. The van der Waals surface area contributed by atoms with Gasteiger partial charge in [-0.05, 0) is 26.0 Å². The van der Waals surface area contributed by atoms with Crippen LogP contribution in [0.25, 0.3) is 10.9 Å². The first-order valence-electron chi connectivity index (χ1n) is 5.96. The van der Waals surface area contributed by atoms with E-state index in [1.54, 1.807) is 26.1 Å². The average molecular weight is 261 g/mol. The van der Waals surface area contributed by atoms with Crippen LogP contribution in [0, 0.1) is 6.92 Å². The molecule has 0 saturated heterocycles. The van der Waals surface area contributed by atoms with Gasteiger partial charge in [-0.1, -0.05) is 11.6 Å². The molecule has 1 aromatic heterocycles. The molecule has 0 amide bonds. The Morgan fingerprint density at radius 1 is 1.42 bits per heavy atom. The number of aryl methyl sites for hydroxylation is 2. The van der Waals surface area contributed by atoms with Crippen LogP contribution >= 0.6 is 0 Å². The van der Waals surface area contributed by atoms with Gasteiger partial charge in [0, 0.05) is 12.4 Å². The topological polar surface area (TPSA) is 68.5 Å². The Morgan fingerprint density at radius 2 is 2.11 bits per heavy atom. The van der Waals surface area contributed by atoms with Crippen LogP contribution in [0.1, 0.15) is 22.8 Å². The van der Waals surface area contributed by atoms with Crippen LogP contribution in [0.4, 0.5) is 0 Å². The van der Waals surface area contributed by atoms with E-state index in [-0.39, 0.29) is 17.9 Å². The van der Waals surface area contributed by atoms with E-state index in [1.807, 2.05) is 13.0 Å². The highest BCUT2D eigenvalue weighted by atomic mass is 16.5. The maximum Gasteiger partial charge on any atom is 0.347 e. The first-order valence-corrected chi connectivity index (χ1v) is 5.96. The Balaban J connectivity index is 2.86. The molecular weight excluding hydrogens is 246 g/mol. The Bertz CT molecular complexity index is 715. The Morgan fingerprint density at radius 3 is 2.74 bits per heavy atom. The van der Waals surface area contributed by atoms with Crippen molar-refractivity contribution in [2.24, 2.45) is 7.05 Å². The van der Waals surface area contributed by atoms with Crippen LogP contribution in [-0.4, -0.2) is 22.2 Å². The Labute approximate surface area is 110 Å². The number of carbonyl (C=O) groups is 1. The number of aromatic hydroxyl groups is 1. The third-order valence-corrected chi connectivity index (χ3v) is 3.00. The minimum Gasteiger partial charge on any atom is -0.506 e. The number of hydrogen-bond donors (Lipinski definition) is 1. The van der Waals surface area contributed by atoms with Crippen LogP contribution in [-0.2, 0) is 11.8 Å². The Hall–Kier alpha value is -2.30. The molecule has 0 radical (unpaired) electrons. The van der Waals surface area contributed by atoms with Gasteiger partial charge < -0.3 is 14.4 Å². The van der Waals surface area contributed by atoms with E-state index in [0.29, 0.717) is 10.9 Å². The molecule has 1 heterocycles. The second kappa shape index (κ2) is 4.76. The van der Waals surface area contributed by atoms with E-state index in [2.05, 4.69) is 0 Å². The Kier molecular flexibility index (Phi) is 3.29. The predicted molar refractivity (Wildman–Crippen MR) is 71.5 cm³/mol. The molecule has 2 rings (SSSR count). The van der Waals surface area contributed by atoms with E-state index >= 15 is 0 Å². The molecule has 0 saturated carbocycles. The van der Waals surface area contributed by atoms with Crippen molar-refractivity contribution < 1.29 is 14.6 Å². The quantitative estimate of drug-likeness (QED) is 0.836. The molecule has 0 aliphatic rings. The van der Waals surface area contributed by atoms with Gasteiger partial charge >= 0.3 is 5.97 Å². The number of aromatic nitrogens is 1. The third-order valence-electron chi connectivity index (χ3n) is 3.00. The summed E-state index contributed by atoms with van der Waals surface area (Å²) in [6, 6.07) is 5.30. The lowest BCUT2D eigenvalue weighted by molar-refractivity contribution is 0.0520. The van der Waals surface area contributed by atoms with Crippen LogP contribution in [0.3, 0.4) is 0 Å². The molecule has 0 unspecified atom stereocenters. The second-order valence-corrected chi connectivity index (χ2v) is 4.33. The van der Waals surface area contributed by atoms with Gasteiger partial charge in [0.2, 0.25) is 0 Å². The van der Waals surface area contributed by atoms with Gasteiger partial charge in [0.1, 0.15) is 5.75 Å². The number of fused-ring (bicyclic) bond motifs is 1. The normalized spacial score (nSPS) is 10.7. The molecule has 19 heavy (non-hydrogen) atoms. The van der Waals surface area contributed by atoms with Crippen molar-refractivity contribution in [2.75, 3.05) is 6.61 Å². The summed E-state index contributed by atoms with van der Waals surface area (Å²) >= 11 is 0. The maximum atomic E-state index is 12.1. The van der Waals surface area contributed by atoms with Gasteiger partial charge in [-0.25, -0.2) is 4.79 Å². The fourth-order valence-corrected chi connectivity index (χ4v) is 2.03. The largest absolute Gasteiger partial charge is 0.506 e. The molecule has 5 nitrogen and oxygen atoms in total. The number of nitrogens with zero attached hydrogens (tertiary/aromatic N) is 1. The predicted octanol–water partition coefficient (Wildman–Crippen LogP) is 1.73. The molecule has 0 fully saturated rings. The van der Waals surface area contributed by atoms with Crippen molar-refractivity contribution in [3.8, 4) is 5.75 Å². The summed E-state index contributed by atoms with van der Waals surface area (Å²) in [5.41, 5.74) is 0.618. The minimum absolute atomic E-state index is 0.146. The van der Waals surface area contributed by atoms with Gasteiger partial charge in [0.25, 0.3) is 5.56 Å². The van der Waals surface area contributed by atoms with Crippen LogP contribution in [0.5, 0.6) is 5.75 Å². The lowest BCUT2D eigenvalue weighted by Gasteiger charge is -2.11. The number of rotatable bonds is 2. The van der Waals surface area contributed by atoms with E-state index in [1.165, 1.54) is 4.57 Å². The summed E-state index contributed by atoms with van der Waals surface area (Å²) < 4.78 is 6.15. The van der Waals surface area contributed by atoms with Gasteiger partial charge in [0.05, 0.1) is 12.1 Å². The van der Waals surface area contributed by atoms with E-state index < -0.39 is 11.5 Å². The zero-order valence-corrected chi connectivity index (χ0v) is 11.1. The molecule has 0 atom stereocenters. The first kappa shape index (κ1) is 13.1. The number of ether oxygens (including phenoxy) is 1. The third kappa shape index (κ3) is 2.07. The molecular formula is C14H15NO4. The molecule has 0 spiro atoms. The first-order chi connectivity index (χ1) is 8.97. The molecule has 1 aromatic carbocycles. The van der Waals surface area contributed by atoms with Gasteiger partial charge in [-0.3, -0.25) is 4.79 Å². The van der Waals surface area contributed by atoms with Crippen molar-refractivity contribution in [3.63, 3.8) is 0 Å². The summed E-state index contributed by atoms with van der Waals surface area (Å²) in [7, 11) is 1.56. The van der Waals surface area contributed by atoms with E-state index in [0.717, 1.165) is 5.56 Å². The highest BCUT2D eigenvalue weighted by molar-refractivity contribution is 5.99. The summed E-state index contributed by atoms with van der Waals surface area (Å²) in [6.45, 7) is 3.66. The fourth-order valence-electron chi connectivity index (χ4n) is 2.03. The number of hydrogen-bond acceptors (Lipinski definition) is 4. The minimum atomic E-state index is -0.802. The van der Waals surface area contributed by atoms with Crippen molar-refractivity contribution in [3.05, 3.63) is 39.7 Å². The zero-order chi connectivity index (χ0) is 14.2. The molecule has 100 valence electrons. The fraction of sp³-hybridized carbons (Fsp3) is 0.286. The van der Waals surface area contributed by atoms with Gasteiger partial charge in [-0.2, -0.15) is 0 Å². The number of pyridine rings is 1. The summed E-state index contributed by atoms with van der Waals surface area (Å²) in [5, 5.41) is 10.6. The summed E-state index contributed by atoms with van der Waals surface area (Å²) in [6.07, 6.45) is 0. The van der Waals surface area contributed by atoms with E-state index in [4.69, 9.17) is 4.74 Å². The van der Waals surface area contributed by atoms with Crippen LogP contribution in [0.2, 0.25) is 0 Å². The SMILES string of the molecule is CCOC(=O)c1c(O)c2cc(C)ccc2n(C)c1=O. The summed E-state index contributed by atoms with van der Waals surface area (Å²) in [5.74, 6) is -1.12. The monoisotopic (exact) mass is 261 g/mol. The molecule has 2 aromatic rings. The molecule has 1 N–H and O–H groups in total. The smallest absolute Gasteiger partial charge is 0.347 e. The second-order valence-electron chi connectivity index (χ2n) is 4.33. The van der Waals surface area contributed by atoms with Crippen molar-refractivity contribution in [2.45, 2.75) is 13.8 Å². The number of carbonyl (C=O) groups excluding carboxylic acids is 1. The molecule has 5 heteroatoms. The summed E-state index contributed by atoms with van der Waals surface area (Å²) in [4.78, 5) is 23.9. The van der Waals surface area contributed by atoms with Crippen LogP contribution < -0.4 is 5.56 Å². The lowest BCUT2D eigenvalue weighted by Crippen LogP contribution is -2.26. The van der Waals surface area contributed by atoms with E-state index in [9.17, 15) is 14.7 Å². The average Bonchev–Trinajstić information content (AvgIpc) is 2.36. The molecule has 0 aliphatic heterocycles. The maximum absolute atomic E-state index is 12.1. The zero-order valence-electron chi connectivity index (χ0n) is 11.1. The van der Waals surface area contributed by atoms with Crippen molar-refractivity contribution in [1.82, 2.24) is 4.57 Å². The lowest BCUT2D eigenvalue weighted by atomic mass is 10.1. The highest BCUT2D eigenvalue weighted by Gasteiger charge is 2.21. The molecule has 0 aliphatic carbocycles.